The molecule has 3 nitrogen and oxygen atoms in total. The van der Waals surface area contributed by atoms with E-state index in [4.69, 9.17) is 0 Å². The first-order chi connectivity index (χ1) is 7.74. The van der Waals surface area contributed by atoms with Crippen LogP contribution < -0.4 is 5.32 Å². The minimum Gasteiger partial charge on any atom is -0.355 e. The van der Waals surface area contributed by atoms with Gasteiger partial charge in [-0.3, -0.25) is 9.69 Å². The second-order valence-electron chi connectivity index (χ2n) is 3.63. The van der Waals surface area contributed by atoms with E-state index in [1.54, 1.807) is 0 Å². The highest BCUT2D eigenvalue weighted by molar-refractivity contribution is 5.77. The summed E-state index contributed by atoms with van der Waals surface area (Å²) in [6.45, 7) is 13.8. The van der Waals surface area contributed by atoms with Gasteiger partial charge in [0.1, 0.15) is 0 Å². The highest BCUT2D eigenvalue weighted by Crippen LogP contribution is 1.93. The maximum atomic E-state index is 11.4. The quantitative estimate of drug-likeness (QED) is 0.695. The predicted molar refractivity (Wildman–Crippen MR) is 71.7 cm³/mol. The summed E-state index contributed by atoms with van der Waals surface area (Å²) in [4.78, 5) is 13.6. The fourth-order valence-corrected chi connectivity index (χ4v) is 1.43. The molecule has 16 heavy (non-hydrogen) atoms. The van der Waals surface area contributed by atoms with Crippen LogP contribution in [0.4, 0.5) is 0 Å². The molecule has 0 saturated heterocycles. The smallest absolute Gasteiger partial charge is 0.234 e. The molecule has 1 N–H and O–H groups in total. The molecule has 3 heteroatoms. The molecule has 0 spiro atoms. The maximum Gasteiger partial charge on any atom is 0.234 e. The fraction of sp³-hybridized carbons (Fsp3) is 0.923. The number of rotatable bonds is 8. The van der Waals surface area contributed by atoms with Crippen molar-refractivity contribution in [3.05, 3.63) is 0 Å². The molecule has 0 heterocycles. The van der Waals surface area contributed by atoms with E-state index in [1.807, 2.05) is 13.8 Å². The van der Waals surface area contributed by atoms with Crippen LogP contribution in [0.15, 0.2) is 0 Å². The molecule has 0 aromatic carbocycles. The number of hydrogen-bond donors (Lipinski definition) is 1. The molecule has 0 aromatic rings. The van der Waals surface area contributed by atoms with Crippen LogP contribution >= 0.6 is 0 Å². The summed E-state index contributed by atoms with van der Waals surface area (Å²) < 4.78 is 0. The first kappa shape index (κ1) is 17.8. The van der Waals surface area contributed by atoms with E-state index in [2.05, 4.69) is 31.0 Å². The summed E-state index contributed by atoms with van der Waals surface area (Å²) >= 11 is 0. The molecule has 0 aliphatic heterocycles. The number of carbonyl (C=O) groups excluding carboxylic acids is 1. The molecule has 0 aromatic heterocycles. The fourth-order valence-electron chi connectivity index (χ4n) is 1.43. The van der Waals surface area contributed by atoms with Gasteiger partial charge in [0.25, 0.3) is 0 Å². The van der Waals surface area contributed by atoms with Gasteiger partial charge in [-0.2, -0.15) is 0 Å². The average Bonchev–Trinajstić information content (AvgIpc) is 2.30. The van der Waals surface area contributed by atoms with Crippen molar-refractivity contribution in [3.63, 3.8) is 0 Å². The minimum absolute atomic E-state index is 0.161. The molecule has 0 atom stereocenters. The number of nitrogens with zero attached hydrogens (tertiary/aromatic N) is 1. The van der Waals surface area contributed by atoms with E-state index in [1.165, 1.54) is 0 Å². The van der Waals surface area contributed by atoms with E-state index < -0.39 is 0 Å². The van der Waals surface area contributed by atoms with Crippen LogP contribution in [0.1, 0.15) is 53.9 Å². The van der Waals surface area contributed by atoms with Crippen molar-refractivity contribution in [2.75, 3.05) is 26.2 Å². The Morgan fingerprint density at radius 3 is 1.88 bits per heavy atom. The molecule has 0 rings (SSSR count). The van der Waals surface area contributed by atoms with Crippen LogP contribution in [0.2, 0.25) is 0 Å². The maximum absolute atomic E-state index is 11.4. The minimum atomic E-state index is 0.161. The third-order valence-electron chi connectivity index (χ3n) is 2.02. The molecule has 98 valence electrons. The lowest BCUT2D eigenvalue weighted by molar-refractivity contribution is -0.122. The van der Waals surface area contributed by atoms with Gasteiger partial charge in [-0.15, -0.1) is 0 Å². The zero-order valence-corrected chi connectivity index (χ0v) is 11.8. The summed E-state index contributed by atoms with van der Waals surface area (Å²) in [7, 11) is 0. The standard InChI is InChI=1S/C11H24N2O.C2H6/c1-4-7-12-11(14)10-13(8-5-2)9-6-3;1-2/h4-10H2,1-3H3,(H,12,14);1-2H3. The lowest BCUT2D eigenvalue weighted by atomic mass is 10.3. The molecule has 0 unspecified atom stereocenters. The second kappa shape index (κ2) is 14.4. The Labute approximate surface area is 102 Å². The molecule has 0 aliphatic carbocycles. The third kappa shape index (κ3) is 11.5. The summed E-state index contributed by atoms with van der Waals surface area (Å²) in [6.07, 6.45) is 3.23. The van der Waals surface area contributed by atoms with Gasteiger partial charge in [-0.05, 0) is 32.4 Å². The van der Waals surface area contributed by atoms with Crippen molar-refractivity contribution >= 4 is 5.91 Å². The largest absolute Gasteiger partial charge is 0.355 e. The predicted octanol–water partition coefficient (Wildman–Crippen LogP) is 2.66. The Balaban J connectivity index is 0. The summed E-state index contributed by atoms with van der Waals surface area (Å²) in [5.41, 5.74) is 0. The molecule has 0 aliphatic rings. The van der Waals surface area contributed by atoms with Gasteiger partial charge in [0, 0.05) is 6.54 Å². The lowest BCUT2D eigenvalue weighted by Crippen LogP contribution is -2.38. The molecular formula is C13H30N2O. The molecule has 0 radical (unpaired) electrons. The van der Waals surface area contributed by atoms with Crippen LogP contribution in [-0.2, 0) is 4.79 Å². The highest BCUT2D eigenvalue weighted by atomic mass is 16.2. The van der Waals surface area contributed by atoms with Crippen LogP contribution in [0.25, 0.3) is 0 Å². The van der Waals surface area contributed by atoms with Gasteiger partial charge in [0.15, 0.2) is 0 Å². The van der Waals surface area contributed by atoms with Crippen molar-refractivity contribution in [1.29, 1.82) is 0 Å². The molecule has 0 saturated carbocycles. The number of amides is 1. The Kier molecular flexibility index (Phi) is 16.1. The summed E-state index contributed by atoms with van der Waals surface area (Å²) in [5.74, 6) is 0.161. The third-order valence-corrected chi connectivity index (χ3v) is 2.02. The van der Waals surface area contributed by atoms with Crippen LogP contribution in [0, 0.1) is 0 Å². The van der Waals surface area contributed by atoms with Crippen LogP contribution in [0.5, 0.6) is 0 Å². The summed E-state index contributed by atoms with van der Waals surface area (Å²) in [6, 6.07) is 0. The number of hydrogen-bond acceptors (Lipinski definition) is 2. The van der Waals surface area contributed by atoms with Crippen LogP contribution in [-0.4, -0.2) is 37.0 Å². The van der Waals surface area contributed by atoms with Gasteiger partial charge in [-0.1, -0.05) is 34.6 Å². The average molecular weight is 230 g/mol. The van der Waals surface area contributed by atoms with Crippen molar-refractivity contribution in [3.8, 4) is 0 Å². The van der Waals surface area contributed by atoms with Crippen LogP contribution in [0.3, 0.4) is 0 Å². The van der Waals surface area contributed by atoms with Gasteiger partial charge in [0.05, 0.1) is 6.54 Å². The normalized spacial score (nSPS) is 9.62. The zero-order valence-electron chi connectivity index (χ0n) is 11.8. The topological polar surface area (TPSA) is 32.3 Å². The number of nitrogens with one attached hydrogen (secondary N) is 1. The Bertz CT molecular complexity index is 143. The zero-order chi connectivity index (χ0) is 12.8. The SMILES string of the molecule is CC.CCCNC(=O)CN(CCC)CCC. The van der Waals surface area contributed by atoms with E-state index in [9.17, 15) is 4.79 Å². The van der Waals surface area contributed by atoms with E-state index in [0.717, 1.165) is 38.9 Å². The van der Waals surface area contributed by atoms with Crippen molar-refractivity contribution < 1.29 is 4.79 Å². The number of carbonyl (C=O) groups is 1. The second-order valence-corrected chi connectivity index (χ2v) is 3.63. The molecule has 0 bridgehead atoms. The Hall–Kier alpha value is -0.570. The van der Waals surface area contributed by atoms with Crippen molar-refractivity contribution in [1.82, 2.24) is 10.2 Å². The van der Waals surface area contributed by atoms with E-state index in [-0.39, 0.29) is 5.91 Å². The first-order valence-electron chi connectivity index (χ1n) is 6.73. The Morgan fingerprint density at radius 2 is 1.50 bits per heavy atom. The van der Waals surface area contributed by atoms with Gasteiger partial charge in [-0.25, -0.2) is 0 Å². The molecular weight excluding hydrogens is 200 g/mol. The Morgan fingerprint density at radius 1 is 1.00 bits per heavy atom. The van der Waals surface area contributed by atoms with Crippen molar-refractivity contribution in [2.24, 2.45) is 0 Å². The first-order valence-corrected chi connectivity index (χ1v) is 6.73. The van der Waals surface area contributed by atoms with Crippen molar-refractivity contribution in [2.45, 2.75) is 53.9 Å². The van der Waals surface area contributed by atoms with Gasteiger partial charge in [0.2, 0.25) is 5.91 Å². The monoisotopic (exact) mass is 230 g/mol. The summed E-state index contributed by atoms with van der Waals surface area (Å²) in [5, 5.41) is 2.90. The molecule has 0 fully saturated rings. The van der Waals surface area contributed by atoms with Gasteiger partial charge < -0.3 is 5.32 Å². The molecule has 1 amide bonds. The lowest BCUT2D eigenvalue weighted by Gasteiger charge is -2.19. The van der Waals surface area contributed by atoms with E-state index >= 15 is 0 Å². The van der Waals surface area contributed by atoms with E-state index in [0.29, 0.717) is 6.54 Å². The van der Waals surface area contributed by atoms with Gasteiger partial charge >= 0.3 is 0 Å². The highest BCUT2D eigenvalue weighted by Gasteiger charge is 2.07.